The summed E-state index contributed by atoms with van der Waals surface area (Å²) >= 11 is 5.04. The number of thioether (sulfide) groups is 1. The zero-order chi connectivity index (χ0) is 13.2. The van der Waals surface area contributed by atoms with Crippen molar-refractivity contribution in [1.29, 1.82) is 0 Å². The number of anilines is 1. The van der Waals surface area contributed by atoms with Gasteiger partial charge in [0, 0.05) is 35.1 Å². The molecule has 2 heterocycles. The summed E-state index contributed by atoms with van der Waals surface area (Å²) in [6.07, 6.45) is 5.68. The number of hydrogen-bond acceptors (Lipinski definition) is 4. The highest BCUT2D eigenvalue weighted by Gasteiger charge is 2.33. The molecule has 1 aliphatic rings. The minimum atomic E-state index is -0.270. The number of nitrogens with two attached hydrogens (primary N) is 1. The maximum Gasteiger partial charge on any atom is 0.166 e. The van der Waals surface area contributed by atoms with Gasteiger partial charge in [-0.3, -0.25) is 0 Å². The molecule has 6 heteroatoms. The highest BCUT2D eigenvalue weighted by molar-refractivity contribution is 9.10. The van der Waals surface area contributed by atoms with Crippen LogP contribution in [0.2, 0.25) is 0 Å². The summed E-state index contributed by atoms with van der Waals surface area (Å²) in [5, 5.41) is 0. The van der Waals surface area contributed by atoms with E-state index in [9.17, 15) is 4.39 Å². The first-order valence-electron chi connectivity index (χ1n) is 5.91. The average Bonchev–Trinajstić information content (AvgIpc) is 2.39. The van der Waals surface area contributed by atoms with E-state index in [4.69, 9.17) is 5.73 Å². The maximum atomic E-state index is 13.8. The van der Waals surface area contributed by atoms with Gasteiger partial charge in [0.05, 0.1) is 0 Å². The summed E-state index contributed by atoms with van der Waals surface area (Å²) in [4.78, 5) is 6.17. The van der Waals surface area contributed by atoms with Crippen molar-refractivity contribution in [2.45, 2.75) is 17.6 Å². The molecule has 1 fully saturated rings. The summed E-state index contributed by atoms with van der Waals surface area (Å²) in [7, 11) is 0. The fourth-order valence-electron chi connectivity index (χ4n) is 2.26. The topological polar surface area (TPSA) is 42.1 Å². The largest absolute Gasteiger partial charge is 0.354 e. The number of aromatic nitrogens is 1. The fraction of sp³-hybridized carbons (Fsp3) is 0.583. The molecular weight excluding hydrogens is 317 g/mol. The zero-order valence-corrected chi connectivity index (χ0v) is 12.7. The third-order valence-electron chi connectivity index (χ3n) is 3.57. The van der Waals surface area contributed by atoms with E-state index in [-0.39, 0.29) is 10.6 Å². The molecular formula is C12H17BrFN3S. The minimum absolute atomic E-state index is 0.155. The molecule has 1 aromatic heterocycles. The molecule has 2 N–H and O–H groups in total. The molecule has 18 heavy (non-hydrogen) atoms. The van der Waals surface area contributed by atoms with Crippen molar-refractivity contribution in [1.82, 2.24) is 4.98 Å². The molecule has 0 aliphatic carbocycles. The SMILES string of the molecule is CSC1(CN)CCN(c2ncc(Br)cc2F)CC1. The van der Waals surface area contributed by atoms with Gasteiger partial charge in [0.15, 0.2) is 11.6 Å². The van der Waals surface area contributed by atoms with Crippen LogP contribution in [0.4, 0.5) is 10.2 Å². The van der Waals surface area contributed by atoms with Gasteiger partial charge in [0.25, 0.3) is 0 Å². The van der Waals surface area contributed by atoms with Gasteiger partial charge in [-0.05, 0) is 41.1 Å². The standard InChI is InChI=1S/C12H17BrFN3S/c1-18-12(8-15)2-4-17(5-3-12)11-10(14)6-9(13)7-16-11/h6-7H,2-5,8,15H2,1H3. The van der Waals surface area contributed by atoms with Crippen molar-refractivity contribution in [2.75, 3.05) is 30.8 Å². The van der Waals surface area contributed by atoms with E-state index in [0.717, 1.165) is 25.9 Å². The fourth-order valence-corrected chi connectivity index (χ4v) is 3.32. The highest BCUT2D eigenvalue weighted by atomic mass is 79.9. The first-order valence-corrected chi connectivity index (χ1v) is 7.93. The molecule has 2 rings (SSSR count). The Balaban J connectivity index is 2.10. The second kappa shape index (κ2) is 5.75. The molecule has 1 aliphatic heterocycles. The number of rotatable bonds is 3. The van der Waals surface area contributed by atoms with Crippen molar-refractivity contribution in [3.8, 4) is 0 Å². The molecule has 3 nitrogen and oxygen atoms in total. The number of piperidine rings is 1. The number of hydrogen-bond donors (Lipinski definition) is 1. The van der Waals surface area contributed by atoms with Crippen molar-refractivity contribution < 1.29 is 4.39 Å². The second-order valence-electron chi connectivity index (χ2n) is 4.54. The molecule has 0 spiro atoms. The van der Waals surface area contributed by atoms with E-state index in [0.29, 0.717) is 16.8 Å². The number of halogens is 2. The Labute approximate surface area is 119 Å². The van der Waals surface area contributed by atoms with Crippen LogP contribution in [0.1, 0.15) is 12.8 Å². The van der Waals surface area contributed by atoms with Gasteiger partial charge in [-0.2, -0.15) is 11.8 Å². The lowest BCUT2D eigenvalue weighted by molar-refractivity contribution is 0.450. The van der Waals surface area contributed by atoms with Crippen molar-refractivity contribution in [2.24, 2.45) is 5.73 Å². The van der Waals surface area contributed by atoms with Gasteiger partial charge >= 0.3 is 0 Å². The lowest BCUT2D eigenvalue weighted by Gasteiger charge is -2.40. The molecule has 0 amide bonds. The van der Waals surface area contributed by atoms with Crippen molar-refractivity contribution in [3.05, 3.63) is 22.6 Å². The van der Waals surface area contributed by atoms with Crippen LogP contribution in [0, 0.1) is 5.82 Å². The van der Waals surface area contributed by atoms with Gasteiger partial charge < -0.3 is 10.6 Å². The smallest absolute Gasteiger partial charge is 0.166 e. The molecule has 1 saturated heterocycles. The maximum absolute atomic E-state index is 13.8. The third-order valence-corrected chi connectivity index (χ3v) is 5.44. The summed E-state index contributed by atoms with van der Waals surface area (Å²) in [5.74, 6) is 0.179. The van der Waals surface area contributed by atoms with Crippen LogP contribution in [-0.2, 0) is 0 Å². The van der Waals surface area contributed by atoms with E-state index in [1.54, 1.807) is 6.20 Å². The Morgan fingerprint density at radius 2 is 2.22 bits per heavy atom. The van der Waals surface area contributed by atoms with E-state index in [2.05, 4.69) is 27.2 Å². The quantitative estimate of drug-likeness (QED) is 0.923. The normalized spacial score (nSPS) is 19.0. The van der Waals surface area contributed by atoms with Crippen LogP contribution in [-0.4, -0.2) is 35.6 Å². The first-order chi connectivity index (χ1) is 8.60. The third kappa shape index (κ3) is 2.81. The summed E-state index contributed by atoms with van der Waals surface area (Å²) in [6, 6.07) is 1.46. The lowest BCUT2D eigenvalue weighted by atomic mass is 9.96. The lowest BCUT2D eigenvalue weighted by Crippen LogP contribution is -2.47. The van der Waals surface area contributed by atoms with Crippen LogP contribution in [0.25, 0.3) is 0 Å². The predicted molar refractivity (Wildman–Crippen MR) is 78.6 cm³/mol. The molecule has 0 bridgehead atoms. The van der Waals surface area contributed by atoms with Crippen LogP contribution in [0.15, 0.2) is 16.7 Å². The first kappa shape index (κ1) is 14.1. The molecule has 0 unspecified atom stereocenters. The van der Waals surface area contributed by atoms with Gasteiger partial charge in [-0.25, -0.2) is 9.37 Å². The van der Waals surface area contributed by atoms with Gasteiger partial charge in [0.1, 0.15) is 0 Å². The van der Waals surface area contributed by atoms with Crippen LogP contribution >= 0.6 is 27.7 Å². The summed E-state index contributed by atoms with van der Waals surface area (Å²) < 4.78 is 14.7. The molecule has 0 atom stereocenters. The summed E-state index contributed by atoms with van der Waals surface area (Å²) in [6.45, 7) is 2.30. The Bertz CT molecular complexity index is 416. The van der Waals surface area contributed by atoms with E-state index >= 15 is 0 Å². The molecule has 1 aromatic rings. The Morgan fingerprint density at radius 3 is 2.72 bits per heavy atom. The van der Waals surface area contributed by atoms with Gasteiger partial charge in [-0.15, -0.1) is 0 Å². The van der Waals surface area contributed by atoms with Gasteiger partial charge in [-0.1, -0.05) is 0 Å². The monoisotopic (exact) mass is 333 g/mol. The summed E-state index contributed by atoms with van der Waals surface area (Å²) in [5.41, 5.74) is 5.85. The van der Waals surface area contributed by atoms with E-state index in [1.807, 2.05) is 16.7 Å². The molecule has 100 valence electrons. The predicted octanol–water partition coefficient (Wildman–Crippen LogP) is 2.64. The Morgan fingerprint density at radius 1 is 1.56 bits per heavy atom. The second-order valence-corrected chi connectivity index (χ2v) is 6.73. The van der Waals surface area contributed by atoms with E-state index in [1.165, 1.54) is 6.07 Å². The van der Waals surface area contributed by atoms with Gasteiger partial charge in [0.2, 0.25) is 0 Å². The molecule has 0 radical (unpaired) electrons. The molecule has 0 saturated carbocycles. The number of pyridine rings is 1. The highest BCUT2D eigenvalue weighted by Crippen LogP contribution is 2.35. The van der Waals surface area contributed by atoms with Crippen LogP contribution in [0.3, 0.4) is 0 Å². The molecule has 0 aromatic carbocycles. The van der Waals surface area contributed by atoms with E-state index < -0.39 is 0 Å². The number of nitrogens with zero attached hydrogens (tertiary/aromatic N) is 2. The average molecular weight is 334 g/mol. The Hall–Kier alpha value is -0.330. The minimum Gasteiger partial charge on any atom is -0.354 e. The zero-order valence-electron chi connectivity index (χ0n) is 10.3. The van der Waals surface area contributed by atoms with Crippen molar-refractivity contribution in [3.63, 3.8) is 0 Å². The Kier molecular flexibility index (Phi) is 4.50. The van der Waals surface area contributed by atoms with Crippen LogP contribution in [0.5, 0.6) is 0 Å². The van der Waals surface area contributed by atoms with Crippen molar-refractivity contribution >= 4 is 33.5 Å². The van der Waals surface area contributed by atoms with Crippen LogP contribution < -0.4 is 10.6 Å².